The molecule has 0 bridgehead atoms. The number of nitrogens with zero attached hydrogens (tertiary/aromatic N) is 2. The number of alkyl halides is 3. The van der Waals surface area contributed by atoms with Crippen molar-refractivity contribution in [3.8, 4) is 5.75 Å². The van der Waals surface area contributed by atoms with Gasteiger partial charge in [0, 0.05) is 13.0 Å². The van der Waals surface area contributed by atoms with Crippen molar-refractivity contribution in [2.75, 3.05) is 13.7 Å². The summed E-state index contributed by atoms with van der Waals surface area (Å²) in [7, 11) is 1.58. The molecule has 1 saturated carbocycles. The number of fused-ring (bicyclic) bond motifs is 1. The highest BCUT2D eigenvalue weighted by atomic mass is 35.5. The van der Waals surface area contributed by atoms with Crippen LogP contribution in [-0.2, 0) is 17.2 Å². The van der Waals surface area contributed by atoms with Gasteiger partial charge in [0.05, 0.1) is 25.1 Å². The number of hydrogen-bond donors (Lipinski definition) is 0. The first-order valence-corrected chi connectivity index (χ1v) is 7.18. The zero-order valence-electron chi connectivity index (χ0n) is 11.5. The Hall–Kier alpha value is -1.40. The summed E-state index contributed by atoms with van der Waals surface area (Å²) in [6.45, 7) is 0.630. The molecule has 7 heteroatoms. The Balaban J connectivity index is 1.80. The van der Waals surface area contributed by atoms with Crippen molar-refractivity contribution in [3.63, 3.8) is 0 Å². The van der Waals surface area contributed by atoms with E-state index in [1.54, 1.807) is 7.11 Å². The molecule has 1 aromatic heterocycles. The Kier molecular flexibility index (Phi) is 3.75. The second-order valence-electron chi connectivity index (χ2n) is 4.97. The van der Waals surface area contributed by atoms with Crippen LogP contribution in [0.4, 0.5) is 8.78 Å². The minimum Gasteiger partial charge on any atom is -0.494 e. The van der Waals surface area contributed by atoms with E-state index in [0.717, 1.165) is 5.52 Å². The van der Waals surface area contributed by atoms with Crippen LogP contribution in [0.15, 0.2) is 18.2 Å². The zero-order chi connectivity index (χ0) is 15.0. The molecular formula is C14H15ClF2N2O2. The largest absolute Gasteiger partial charge is 0.494 e. The van der Waals surface area contributed by atoms with Gasteiger partial charge >= 0.3 is 0 Å². The molecular weight excluding hydrogens is 302 g/mol. The summed E-state index contributed by atoms with van der Waals surface area (Å²) < 4.78 is 37.9. The quantitative estimate of drug-likeness (QED) is 0.768. The maximum Gasteiger partial charge on any atom is 0.276 e. The van der Waals surface area contributed by atoms with E-state index in [2.05, 4.69) is 4.98 Å². The van der Waals surface area contributed by atoms with Gasteiger partial charge in [-0.25, -0.2) is 13.8 Å². The number of rotatable bonds is 6. The summed E-state index contributed by atoms with van der Waals surface area (Å²) in [5.41, 5.74) is 1.57. The molecule has 0 amide bonds. The number of halogens is 3. The molecule has 114 valence electrons. The van der Waals surface area contributed by atoms with Crippen molar-refractivity contribution in [1.82, 2.24) is 9.55 Å². The lowest BCUT2D eigenvalue weighted by molar-refractivity contribution is 0.0108. The second kappa shape index (κ2) is 5.42. The molecule has 1 aromatic carbocycles. The molecule has 3 rings (SSSR count). The predicted octanol–water partition coefficient (Wildman–Crippen LogP) is 3.21. The number of methoxy groups -OCH3 is 1. The van der Waals surface area contributed by atoms with Crippen LogP contribution < -0.4 is 4.74 Å². The minimum absolute atomic E-state index is 0.187. The zero-order valence-corrected chi connectivity index (χ0v) is 12.2. The molecule has 0 radical (unpaired) electrons. The van der Waals surface area contributed by atoms with E-state index >= 15 is 0 Å². The molecule has 0 saturated heterocycles. The van der Waals surface area contributed by atoms with Crippen LogP contribution in [-0.4, -0.2) is 35.3 Å². The summed E-state index contributed by atoms with van der Waals surface area (Å²) in [6.07, 6.45) is -1.13. The van der Waals surface area contributed by atoms with Crippen molar-refractivity contribution in [3.05, 3.63) is 24.0 Å². The third-order valence-electron chi connectivity index (χ3n) is 3.56. The normalized spacial score (nSPS) is 19.9. The number of benzene rings is 1. The molecule has 1 aliphatic carbocycles. The molecule has 2 aromatic rings. The Labute approximate surface area is 125 Å². The van der Waals surface area contributed by atoms with Gasteiger partial charge in [-0.3, -0.25) is 0 Å². The van der Waals surface area contributed by atoms with E-state index in [-0.39, 0.29) is 18.9 Å². The van der Waals surface area contributed by atoms with Gasteiger partial charge < -0.3 is 14.0 Å². The van der Waals surface area contributed by atoms with Gasteiger partial charge in [-0.1, -0.05) is 6.07 Å². The van der Waals surface area contributed by atoms with Crippen molar-refractivity contribution < 1.29 is 18.3 Å². The molecule has 0 spiro atoms. The van der Waals surface area contributed by atoms with Crippen LogP contribution in [0, 0.1) is 0 Å². The first-order chi connectivity index (χ1) is 10.1. The van der Waals surface area contributed by atoms with E-state index in [0.29, 0.717) is 23.6 Å². The van der Waals surface area contributed by atoms with Crippen LogP contribution in [0.3, 0.4) is 0 Å². The van der Waals surface area contributed by atoms with Crippen LogP contribution in [0.25, 0.3) is 11.0 Å². The predicted molar refractivity (Wildman–Crippen MR) is 75.1 cm³/mol. The third kappa shape index (κ3) is 2.70. The average Bonchev–Trinajstić information content (AvgIpc) is 2.93. The van der Waals surface area contributed by atoms with Gasteiger partial charge in [-0.2, -0.15) is 0 Å². The Morgan fingerprint density at radius 2 is 2.24 bits per heavy atom. The maximum atomic E-state index is 12.8. The topological polar surface area (TPSA) is 36.3 Å². The summed E-state index contributed by atoms with van der Waals surface area (Å²) in [6, 6.07) is 5.57. The molecule has 0 N–H and O–H groups in total. The maximum absolute atomic E-state index is 12.8. The van der Waals surface area contributed by atoms with Gasteiger partial charge in [0.2, 0.25) is 0 Å². The first-order valence-electron chi connectivity index (χ1n) is 6.64. The van der Waals surface area contributed by atoms with Gasteiger partial charge in [0.1, 0.15) is 23.2 Å². The van der Waals surface area contributed by atoms with Gasteiger partial charge in [-0.05, 0) is 12.1 Å². The molecule has 1 unspecified atom stereocenters. The molecule has 0 aliphatic heterocycles. The summed E-state index contributed by atoms with van der Waals surface area (Å²) in [5.74, 6) is -1.10. The van der Waals surface area contributed by atoms with E-state index in [4.69, 9.17) is 21.1 Å². The Bertz CT molecular complexity index is 660. The minimum atomic E-state index is -2.66. The average molecular weight is 317 g/mol. The lowest BCUT2D eigenvalue weighted by Crippen LogP contribution is -2.12. The number of para-hydroxylation sites is 1. The van der Waals surface area contributed by atoms with Crippen LogP contribution in [0.1, 0.15) is 12.2 Å². The highest BCUT2D eigenvalue weighted by Crippen LogP contribution is 2.44. The summed E-state index contributed by atoms with van der Waals surface area (Å²) >= 11 is 5.91. The van der Waals surface area contributed by atoms with Gasteiger partial charge in [-0.15, -0.1) is 11.6 Å². The monoisotopic (exact) mass is 316 g/mol. The highest BCUT2D eigenvalue weighted by Gasteiger charge is 2.58. The molecule has 1 aliphatic rings. The molecule has 1 heterocycles. The summed E-state index contributed by atoms with van der Waals surface area (Å²) in [5, 5.41) is 0. The standard InChI is InChI=1S/C14H15ClF2N2O2/c1-20-10-4-2-3-9-13(10)18-12(8-15)19(9)5-6-21-11-7-14(11,16)17/h2-4,11H,5-8H2,1H3. The number of hydrogen-bond acceptors (Lipinski definition) is 3. The van der Waals surface area contributed by atoms with E-state index in [9.17, 15) is 8.78 Å². The first kappa shape index (κ1) is 14.5. The fraction of sp³-hybridized carbons (Fsp3) is 0.500. The van der Waals surface area contributed by atoms with Crippen LogP contribution in [0.2, 0.25) is 0 Å². The van der Waals surface area contributed by atoms with E-state index in [1.165, 1.54) is 0 Å². The third-order valence-corrected chi connectivity index (χ3v) is 3.80. The molecule has 1 atom stereocenters. The smallest absolute Gasteiger partial charge is 0.276 e. The van der Waals surface area contributed by atoms with Gasteiger partial charge in [0.25, 0.3) is 5.92 Å². The number of imidazole rings is 1. The molecule has 21 heavy (non-hydrogen) atoms. The number of aromatic nitrogens is 2. The molecule has 1 fully saturated rings. The Morgan fingerprint density at radius 3 is 2.86 bits per heavy atom. The number of ether oxygens (including phenoxy) is 2. The van der Waals surface area contributed by atoms with E-state index < -0.39 is 12.0 Å². The van der Waals surface area contributed by atoms with Crippen LogP contribution >= 0.6 is 11.6 Å². The fourth-order valence-corrected chi connectivity index (χ4v) is 2.55. The fourth-order valence-electron chi connectivity index (χ4n) is 2.34. The lowest BCUT2D eigenvalue weighted by atomic mass is 10.3. The van der Waals surface area contributed by atoms with Crippen molar-refractivity contribution in [2.45, 2.75) is 30.9 Å². The van der Waals surface area contributed by atoms with Crippen molar-refractivity contribution >= 4 is 22.6 Å². The highest BCUT2D eigenvalue weighted by molar-refractivity contribution is 6.16. The van der Waals surface area contributed by atoms with E-state index in [1.807, 2.05) is 22.8 Å². The van der Waals surface area contributed by atoms with Crippen LogP contribution in [0.5, 0.6) is 5.75 Å². The second-order valence-corrected chi connectivity index (χ2v) is 5.23. The summed E-state index contributed by atoms with van der Waals surface area (Å²) in [4.78, 5) is 4.45. The van der Waals surface area contributed by atoms with Crippen molar-refractivity contribution in [1.29, 1.82) is 0 Å². The molecule has 4 nitrogen and oxygen atoms in total. The Morgan fingerprint density at radius 1 is 1.48 bits per heavy atom. The SMILES string of the molecule is COc1cccc2c1nc(CCl)n2CCOC1CC1(F)F. The lowest BCUT2D eigenvalue weighted by Gasteiger charge is -2.08. The van der Waals surface area contributed by atoms with Crippen molar-refractivity contribution in [2.24, 2.45) is 0 Å². The van der Waals surface area contributed by atoms with Gasteiger partial charge in [0.15, 0.2) is 0 Å².